The highest BCUT2D eigenvalue weighted by Crippen LogP contribution is 2.31. The van der Waals surface area contributed by atoms with Crippen LogP contribution >= 0.6 is 0 Å². The summed E-state index contributed by atoms with van der Waals surface area (Å²) in [6.45, 7) is 0. The van der Waals surface area contributed by atoms with E-state index in [4.69, 9.17) is 5.73 Å². The number of carbonyl (C=O) groups is 1. The molecule has 0 aromatic rings. The summed E-state index contributed by atoms with van der Waals surface area (Å²) in [5, 5.41) is 0. The zero-order chi connectivity index (χ0) is 8.55. The predicted octanol–water partition coefficient (Wildman–Crippen LogP) is 1.18. The van der Waals surface area contributed by atoms with Crippen LogP contribution in [0, 0.1) is 5.92 Å². The molecule has 2 atom stereocenters. The number of allylic oxidation sites excluding steroid dienone is 3. The van der Waals surface area contributed by atoms with Crippen LogP contribution < -0.4 is 5.73 Å². The molecule has 2 aliphatic rings. The lowest BCUT2D eigenvalue weighted by atomic mass is 9.77. The lowest BCUT2D eigenvalue weighted by Crippen LogP contribution is -2.38. The van der Waals surface area contributed by atoms with Gasteiger partial charge >= 0.3 is 0 Å². The number of hydrogen-bond acceptors (Lipinski definition) is 2. The van der Waals surface area contributed by atoms with Crippen LogP contribution in [0.2, 0.25) is 0 Å². The topological polar surface area (TPSA) is 43.1 Å². The molecule has 12 heavy (non-hydrogen) atoms. The van der Waals surface area contributed by atoms with E-state index in [1.165, 1.54) is 0 Å². The standard InChI is InChI=1S/C10H13NO/c11-9-6-5-7-3-1-2-4-8(7)10(9)12/h1-2,4,7,9H,3,5-6,11H2. The fourth-order valence-corrected chi connectivity index (χ4v) is 1.96. The van der Waals surface area contributed by atoms with Crippen molar-refractivity contribution in [1.29, 1.82) is 0 Å². The van der Waals surface area contributed by atoms with Gasteiger partial charge in [-0.05, 0) is 25.2 Å². The molecule has 0 radical (unpaired) electrons. The molecule has 1 fully saturated rings. The summed E-state index contributed by atoms with van der Waals surface area (Å²) < 4.78 is 0. The Hall–Kier alpha value is -0.890. The van der Waals surface area contributed by atoms with Crippen molar-refractivity contribution in [3.63, 3.8) is 0 Å². The van der Waals surface area contributed by atoms with E-state index >= 15 is 0 Å². The van der Waals surface area contributed by atoms with Crippen LogP contribution in [-0.2, 0) is 4.79 Å². The van der Waals surface area contributed by atoms with E-state index in [-0.39, 0.29) is 11.8 Å². The molecule has 0 aromatic carbocycles. The first-order valence-electron chi connectivity index (χ1n) is 4.45. The minimum atomic E-state index is -0.237. The molecule has 2 nitrogen and oxygen atoms in total. The molecule has 2 N–H and O–H groups in total. The second-order valence-electron chi connectivity index (χ2n) is 3.53. The quantitative estimate of drug-likeness (QED) is 0.582. The molecule has 0 bridgehead atoms. The van der Waals surface area contributed by atoms with E-state index in [2.05, 4.69) is 6.08 Å². The molecular formula is C10H13NO. The second kappa shape index (κ2) is 2.87. The van der Waals surface area contributed by atoms with Gasteiger partial charge in [-0.15, -0.1) is 0 Å². The third-order valence-electron chi connectivity index (χ3n) is 2.72. The molecular weight excluding hydrogens is 150 g/mol. The molecule has 2 rings (SSSR count). The maximum absolute atomic E-state index is 11.5. The summed E-state index contributed by atoms with van der Waals surface area (Å²) in [5.41, 5.74) is 6.63. The summed E-state index contributed by atoms with van der Waals surface area (Å²) in [5.74, 6) is 0.623. The van der Waals surface area contributed by atoms with E-state index in [1.807, 2.05) is 12.2 Å². The van der Waals surface area contributed by atoms with Gasteiger partial charge < -0.3 is 5.73 Å². The van der Waals surface area contributed by atoms with Crippen LogP contribution in [0.4, 0.5) is 0 Å². The average molecular weight is 163 g/mol. The third kappa shape index (κ3) is 1.12. The third-order valence-corrected chi connectivity index (χ3v) is 2.72. The van der Waals surface area contributed by atoms with Crippen LogP contribution in [0.25, 0.3) is 0 Å². The second-order valence-corrected chi connectivity index (χ2v) is 3.53. The van der Waals surface area contributed by atoms with Crippen molar-refractivity contribution in [3.8, 4) is 0 Å². The van der Waals surface area contributed by atoms with Gasteiger partial charge in [0.2, 0.25) is 0 Å². The highest BCUT2D eigenvalue weighted by molar-refractivity contribution is 6.01. The highest BCUT2D eigenvalue weighted by atomic mass is 16.1. The van der Waals surface area contributed by atoms with Crippen LogP contribution in [0.3, 0.4) is 0 Å². The fourth-order valence-electron chi connectivity index (χ4n) is 1.96. The first-order chi connectivity index (χ1) is 5.79. The number of ketones is 1. The molecule has 0 spiro atoms. The summed E-state index contributed by atoms with van der Waals surface area (Å²) >= 11 is 0. The lowest BCUT2D eigenvalue weighted by Gasteiger charge is -2.28. The minimum absolute atomic E-state index is 0.163. The Morgan fingerprint density at radius 3 is 3.08 bits per heavy atom. The largest absolute Gasteiger partial charge is 0.321 e. The van der Waals surface area contributed by atoms with Crippen molar-refractivity contribution in [3.05, 3.63) is 23.8 Å². The Balaban J connectivity index is 2.27. The Morgan fingerprint density at radius 1 is 1.42 bits per heavy atom. The summed E-state index contributed by atoms with van der Waals surface area (Å²) in [7, 11) is 0. The van der Waals surface area contributed by atoms with E-state index in [9.17, 15) is 4.79 Å². The number of fused-ring (bicyclic) bond motifs is 1. The van der Waals surface area contributed by atoms with Crippen molar-refractivity contribution in [2.24, 2.45) is 11.7 Å². The number of hydrogen-bond donors (Lipinski definition) is 1. The normalized spacial score (nSPS) is 34.4. The zero-order valence-corrected chi connectivity index (χ0v) is 6.99. The Kier molecular flexibility index (Phi) is 1.85. The Morgan fingerprint density at radius 2 is 2.25 bits per heavy atom. The van der Waals surface area contributed by atoms with Gasteiger partial charge in [0.25, 0.3) is 0 Å². The van der Waals surface area contributed by atoms with Crippen LogP contribution in [0.15, 0.2) is 23.8 Å². The van der Waals surface area contributed by atoms with Gasteiger partial charge in [-0.25, -0.2) is 0 Å². The van der Waals surface area contributed by atoms with E-state index in [1.54, 1.807) is 0 Å². The molecule has 0 saturated heterocycles. The van der Waals surface area contributed by atoms with Crippen molar-refractivity contribution >= 4 is 5.78 Å². The van der Waals surface area contributed by atoms with Crippen molar-refractivity contribution in [1.82, 2.24) is 0 Å². The molecule has 0 aliphatic heterocycles. The first kappa shape index (κ1) is 7.74. The maximum Gasteiger partial charge on any atom is 0.175 e. The number of Topliss-reactive ketones (excluding diaryl/α,β-unsaturated/α-hetero) is 1. The van der Waals surface area contributed by atoms with Crippen molar-refractivity contribution in [2.45, 2.75) is 25.3 Å². The lowest BCUT2D eigenvalue weighted by molar-refractivity contribution is -0.118. The van der Waals surface area contributed by atoms with Gasteiger partial charge in [0.1, 0.15) is 0 Å². The summed E-state index contributed by atoms with van der Waals surface area (Å²) in [6.07, 6.45) is 8.96. The smallest absolute Gasteiger partial charge is 0.175 e. The summed E-state index contributed by atoms with van der Waals surface area (Å²) in [6, 6.07) is -0.237. The zero-order valence-electron chi connectivity index (χ0n) is 6.99. The number of rotatable bonds is 0. The van der Waals surface area contributed by atoms with Crippen LogP contribution in [0.5, 0.6) is 0 Å². The van der Waals surface area contributed by atoms with E-state index in [0.29, 0.717) is 5.92 Å². The van der Waals surface area contributed by atoms with Gasteiger partial charge in [0, 0.05) is 5.57 Å². The number of carbonyl (C=O) groups excluding carboxylic acids is 1. The van der Waals surface area contributed by atoms with Crippen molar-refractivity contribution < 1.29 is 4.79 Å². The average Bonchev–Trinajstić information content (AvgIpc) is 2.12. The highest BCUT2D eigenvalue weighted by Gasteiger charge is 2.30. The van der Waals surface area contributed by atoms with E-state index in [0.717, 1.165) is 24.8 Å². The monoisotopic (exact) mass is 163 g/mol. The van der Waals surface area contributed by atoms with E-state index < -0.39 is 0 Å². The van der Waals surface area contributed by atoms with Crippen molar-refractivity contribution in [2.75, 3.05) is 0 Å². The molecule has 2 aliphatic carbocycles. The maximum atomic E-state index is 11.5. The Bertz CT molecular complexity index is 265. The van der Waals surface area contributed by atoms with Gasteiger partial charge in [-0.1, -0.05) is 18.2 Å². The minimum Gasteiger partial charge on any atom is -0.321 e. The van der Waals surface area contributed by atoms with Gasteiger partial charge in [0.05, 0.1) is 6.04 Å². The predicted molar refractivity (Wildman–Crippen MR) is 47.5 cm³/mol. The fraction of sp³-hybridized carbons (Fsp3) is 0.500. The molecule has 1 saturated carbocycles. The van der Waals surface area contributed by atoms with Gasteiger partial charge in [0.15, 0.2) is 5.78 Å². The van der Waals surface area contributed by atoms with Crippen LogP contribution in [0.1, 0.15) is 19.3 Å². The molecule has 64 valence electrons. The molecule has 0 aromatic heterocycles. The Labute approximate surface area is 72.1 Å². The molecule has 0 heterocycles. The van der Waals surface area contributed by atoms with Gasteiger partial charge in [-0.2, -0.15) is 0 Å². The molecule has 0 amide bonds. The van der Waals surface area contributed by atoms with Gasteiger partial charge in [-0.3, -0.25) is 4.79 Å². The molecule has 2 unspecified atom stereocenters. The SMILES string of the molecule is NC1CCC2CC=CC=C2C1=O. The number of nitrogens with two attached hydrogens (primary N) is 1. The first-order valence-corrected chi connectivity index (χ1v) is 4.45. The van der Waals surface area contributed by atoms with Crippen LogP contribution in [-0.4, -0.2) is 11.8 Å². The molecule has 2 heteroatoms. The summed E-state index contributed by atoms with van der Waals surface area (Å²) in [4.78, 5) is 11.5.